The fourth-order valence-electron chi connectivity index (χ4n) is 2.42. The summed E-state index contributed by atoms with van der Waals surface area (Å²) in [7, 11) is 0. The highest BCUT2D eigenvalue weighted by atomic mass is 16.5. The first-order valence-corrected chi connectivity index (χ1v) is 7.04. The molecule has 1 amide bonds. The van der Waals surface area contributed by atoms with Crippen LogP contribution in [0.15, 0.2) is 12.3 Å². The number of hydrogen-bond donors (Lipinski definition) is 0. The van der Waals surface area contributed by atoms with Crippen molar-refractivity contribution in [1.29, 1.82) is 0 Å². The molecule has 1 aromatic rings. The van der Waals surface area contributed by atoms with Crippen LogP contribution in [-0.4, -0.2) is 46.3 Å². The fourth-order valence-corrected chi connectivity index (χ4v) is 2.42. The number of likely N-dealkylation sites (tertiary alicyclic amines) is 1. The third-order valence-electron chi connectivity index (χ3n) is 3.68. The van der Waals surface area contributed by atoms with Crippen molar-refractivity contribution in [1.82, 2.24) is 14.7 Å². The van der Waals surface area contributed by atoms with Crippen LogP contribution in [0.4, 0.5) is 0 Å². The minimum absolute atomic E-state index is 0.0547. The summed E-state index contributed by atoms with van der Waals surface area (Å²) in [5.41, 5.74) is 0.972. The van der Waals surface area contributed by atoms with Gasteiger partial charge in [0, 0.05) is 25.0 Å². The number of amides is 1. The van der Waals surface area contributed by atoms with E-state index in [2.05, 4.69) is 5.10 Å². The number of hydrogen-bond acceptors (Lipinski definition) is 4. The Kier molecular flexibility index (Phi) is 4.76. The van der Waals surface area contributed by atoms with Crippen molar-refractivity contribution in [3.63, 3.8) is 0 Å². The molecule has 0 aromatic carbocycles. The normalized spacial score (nSPS) is 16.2. The number of carbonyl (C=O) groups is 2. The summed E-state index contributed by atoms with van der Waals surface area (Å²) in [4.78, 5) is 25.6. The summed E-state index contributed by atoms with van der Waals surface area (Å²) in [5.74, 6) is -0.146. The third-order valence-corrected chi connectivity index (χ3v) is 3.68. The summed E-state index contributed by atoms with van der Waals surface area (Å²) >= 11 is 0. The molecule has 0 saturated carbocycles. The minimum atomic E-state index is -0.137. The molecule has 0 atom stereocenters. The maximum atomic E-state index is 12.2. The van der Waals surface area contributed by atoms with Crippen molar-refractivity contribution in [3.05, 3.63) is 18.0 Å². The van der Waals surface area contributed by atoms with E-state index in [9.17, 15) is 9.59 Å². The van der Waals surface area contributed by atoms with Crippen LogP contribution in [0.25, 0.3) is 0 Å². The molecule has 1 saturated heterocycles. The molecular formula is C14H21N3O3. The molecule has 2 heterocycles. The van der Waals surface area contributed by atoms with Crippen molar-refractivity contribution in [2.24, 2.45) is 5.92 Å². The SMILES string of the molecule is CCOC(=O)C1CCN(C(=O)Cn2nccc2C)CC1. The lowest BCUT2D eigenvalue weighted by Crippen LogP contribution is -2.42. The summed E-state index contributed by atoms with van der Waals surface area (Å²) in [6, 6.07) is 1.88. The molecule has 6 heteroatoms. The number of rotatable bonds is 4. The lowest BCUT2D eigenvalue weighted by molar-refractivity contribution is -0.151. The van der Waals surface area contributed by atoms with E-state index in [0.717, 1.165) is 5.69 Å². The number of aromatic nitrogens is 2. The van der Waals surface area contributed by atoms with E-state index in [1.807, 2.05) is 19.9 Å². The van der Waals surface area contributed by atoms with Crippen LogP contribution >= 0.6 is 0 Å². The highest BCUT2D eigenvalue weighted by Crippen LogP contribution is 2.19. The third kappa shape index (κ3) is 3.37. The molecule has 0 radical (unpaired) electrons. The van der Waals surface area contributed by atoms with Gasteiger partial charge in [-0.05, 0) is 32.8 Å². The first-order valence-electron chi connectivity index (χ1n) is 7.04. The molecule has 1 aliphatic heterocycles. The second-order valence-corrected chi connectivity index (χ2v) is 5.04. The van der Waals surface area contributed by atoms with E-state index >= 15 is 0 Å². The standard InChI is InChI=1S/C14H21N3O3/c1-3-20-14(19)12-5-8-16(9-6-12)13(18)10-17-11(2)4-7-15-17/h4,7,12H,3,5-6,8-10H2,1-2H3. The summed E-state index contributed by atoms with van der Waals surface area (Å²) in [6.07, 6.45) is 3.06. The van der Waals surface area contributed by atoms with Gasteiger partial charge in [-0.2, -0.15) is 5.10 Å². The zero-order chi connectivity index (χ0) is 14.5. The first-order chi connectivity index (χ1) is 9.61. The molecule has 0 aliphatic carbocycles. The molecule has 1 aliphatic rings. The number of esters is 1. The summed E-state index contributed by atoms with van der Waals surface area (Å²) in [5, 5.41) is 4.11. The molecule has 0 unspecified atom stereocenters. The second-order valence-electron chi connectivity index (χ2n) is 5.04. The molecule has 110 valence electrons. The average molecular weight is 279 g/mol. The molecule has 0 N–H and O–H groups in total. The van der Waals surface area contributed by atoms with Crippen molar-refractivity contribution >= 4 is 11.9 Å². The van der Waals surface area contributed by atoms with E-state index in [1.54, 1.807) is 15.8 Å². The molecule has 20 heavy (non-hydrogen) atoms. The molecular weight excluding hydrogens is 258 g/mol. The fraction of sp³-hybridized carbons (Fsp3) is 0.643. The smallest absolute Gasteiger partial charge is 0.309 e. The van der Waals surface area contributed by atoms with Crippen molar-refractivity contribution in [2.75, 3.05) is 19.7 Å². The van der Waals surface area contributed by atoms with E-state index in [0.29, 0.717) is 32.5 Å². The second kappa shape index (κ2) is 6.54. The monoisotopic (exact) mass is 279 g/mol. The van der Waals surface area contributed by atoms with E-state index in [4.69, 9.17) is 4.74 Å². The Morgan fingerprint density at radius 3 is 2.65 bits per heavy atom. The Labute approximate surface area is 118 Å². The van der Waals surface area contributed by atoms with Gasteiger partial charge in [0.25, 0.3) is 0 Å². The minimum Gasteiger partial charge on any atom is -0.466 e. The quantitative estimate of drug-likeness (QED) is 0.771. The molecule has 6 nitrogen and oxygen atoms in total. The van der Waals surface area contributed by atoms with Gasteiger partial charge in [0.15, 0.2) is 0 Å². The van der Waals surface area contributed by atoms with Gasteiger partial charge in [-0.25, -0.2) is 0 Å². The average Bonchev–Trinajstić information content (AvgIpc) is 2.85. The van der Waals surface area contributed by atoms with Crippen LogP contribution in [0.1, 0.15) is 25.5 Å². The topological polar surface area (TPSA) is 64.4 Å². The number of piperidine rings is 1. The van der Waals surface area contributed by atoms with Gasteiger partial charge in [-0.15, -0.1) is 0 Å². The van der Waals surface area contributed by atoms with Crippen LogP contribution in [0, 0.1) is 12.8 Å². The molecule has 0 bridgehead atoms. The number of aryl methyl sites for hydroxylation is 1. The molecule has 1 aromatic heterocycles. The van der Waals surface area contributed by atoms with Crippen molar-refractivity contribution in [3.8, 4) is 0 Å². The number of ether oxygens (including phenoxy) is 1. The summed E-state index contributed by atoms with van der Waals surface area (Å²) in [6.45, 7) is 5.64. The van der Waals surface area contributed by atoms with Crippen LogP contribution < -0.4 is 0 Å². The predicted octanol–water partition coefficient (Wildman–Crippen LogP) is 0.993. The van der Waals surface area contributed by atoms with E-state index in [1.165, 1.54) is 0 Å². The van der Waals surface area contributed by atoms with Gasteiger partial charge in [0.2, 0.25) is 5.91 Å². The van der Waals surface area contributed by atoms with Crippen LogP contribution in [0.2, 0.25) is 0 Å². The lowest BCUT2D eigenvalue weighted by atomic mass is 9.97. The highest BCUT2D eigenvalue weighted by molar-refractivity contribution is 5.77. The van der Waals surface area contributed by atoms with Crippen molar-refractivity contribution < 1.29 is 14.3 Å². The Bertz CT molecular complexity index is 476. The maximum absolute atomic E-state index is 12.2. The van der Waals surface area contributed by atoms with E-state index < -0.39 is 0 Å². The number of nitrogens with zero attached hydrogens (tertiary/aromatic N) is 3. The van der Waals surface area contributed by atoms with Crippen LogP contribution in [0.3, 0.4) is 0 Å². The molecule has 1 fully saturated rings. The Hall–Kier alpha value is -1.85. The van der Waals surface area contributed by atoms with Gasteiger partial charge < -0.3 is 9.64 Å². The van der Waals surface area contributed by atoms with Crippen LogP contribution in [0.5, 0.6) is 0 Å². The van der Waals surface area contributed by atoms with Gasteiger partial charge >= 0.3 is 5.97 Å². The Morgan fingerprint density at radius 2 is 2.10 bits per heavy atom. The van der Waals surface area contributed by atoms with E-state index in [-0.39, 0.29) is 24.3 Å². The number of carbonyl (C=O) groups excluding carboxylic acids is 2. The predicted molar refractivity (Wildman–Crippen MR) is 72.9 cm³/mol. The molecule has 0 spiro atoms. The lowest BCUT2D eigenvalue weighted by Gasteiger charge is -2.31. The highest BCUT2D eigenvalue weighted by Gasteiger charge is 2.28. The zero-order valence-corrected chi connectivity index (χ0v) is 12.0. The molecule has 2 rings (SSSR count). The van der Waals surface area contributed by atoms with Gasteiger partial charge in [-0.1, -0.05) is 0 Å². The first kappa shape index (κ1) is 14.6. The zero-order valence-electron chi connectivity index (χ0n) is 12.0. The summed E-state index contributed by atoms with van der Waals surface area (Å²) < 4.78 is 6.72. The largest absolute Gasteiger partial charge is 0.466 e. The van der Waals surface area contributed by atoms with Crippen molar-refractivity contribution in [2.45, 2.75) is 33.2 Å². The van der Waals surface area contributed by atoms with Gasteiger partial charge in [-0.3, -0.25) is 14.3 Å². The Balaban J connectivity index is 1.83. The van der Waals surface area contributed by atoms with Gasteiger partial charge in [0.1, 0.15) is 6.54 Å². The Morgan fingerprint density at radius 1 is 1.40 bits per heavy atom. The van der Waals surface area contributed by atoms with Crippen LogP contribution in [-0.2, 0) is 20.9 Å². The maximum Gasteiger partial charge on any atom is 0.309 e. The van der Waals surface area contributed by atoms with Gasteiger partial charge in [0.05, 0.1) is 12.5 Å².